The lowest BCUT2D eigenvalue weighted by Gasteiger charge is -2.37. The third-order valence-electron chi connectivity index (χ3n) is 11.7. The van der Waals surface area contributed by atoms with Crippen LogP contribution in [0, 0.1) is 6.92 Å². The van der Waals surface area contributed by atoms with E-state index in [1.54, 1.807) is 4.90 Å². The average Bonchev–Trinajstić information content (AvgIpc) is 3.55. The van der Waals surface area contributed by atoms with Gasteiger partial charge in [0.05, 0.1) is 5.52 Å². The van der Waals surface area contributed by atoms with Crippen molar-refractivity contribution in [2.45, 2.75) is 38.9 Å². The van der Waals surface area contributed by atoms with Crippen LogP contribution in [0.25, 0.3) is 22.0 Å². The summed E-state index contributed by atoms with van der Waals surface area (Å²) in [7, 11) is 2.17. The minimum absolute atomic E-state index is 0.134. The molecule has 0 spiro atoms. The molecule has 2 saturated heterocycles. The van der Waals surface area contributed by atoms with Crippen LogP contribution in [0.3, 0.4) is 0 Å². The lowest BCUT2D eigenvalue weighted by Crippen LogP contribution is -2.52. The van der Waals surface area contributed by atoms with Crippen molar-refractivity contribution in [3.05, 3.63) is 101 Å². The van der Waals surface area contributed by atoms with Gasteiger partial charge in [0.1, 0.15) is 24.2 Å². The van der Waals surface area contributed by atoms with Crippen LogP contribution in [0.4, 0.5) is 22.9 Å². The Morgan fingerprint density at radius 2 is 1.77 bits per heavy atom. The van der Waals surface area contributed by atoms with E-state index in [0.29, 0.717) is 31.0 Å². The zero-order valence-electron chi connectivity index (χ0n) is 32.4. The first kappa shape index (κ1) is 36.6. The molecule has 5 aromatic rings. The van der Waals surface area contributed by atoms with E-state index < -0.39 is 6.04 Å². The molecule has 0 radical (unpaired) electrons. The van der Waals surface area contributed by atoms with Gasteiger partial charge in [-0.05, 0) is 91.2 Å². The van der Waals surface area contributed by atoms with Crippen molar-refractivity contribution in [1.82, 2.24) is 30.0 Å². The van der Waals surface area contributed by atoms with Gasteiger partial charge in [-0.3, -0.25) is 24.6 Å². The van der Waals surface area contributed by atoms with Crippen molar-refractivity contribution in [3.8, 4) is 17.0 Å². The molecule has 3 amide bonds. The average molecular weight is 766 g/mol. The van der Waals surface area contributed by atoms with E-state index in [0.717, 1.165) is 108 Å². The minimum atomic E-state index is -0.595. The van der Waals surface area contributed by atoms with Crippen molar-refractivity contribution in [2.75, 3.05) is 75.0 Å². The first-order valence-electron chi connectivity index (χ1n) is 19.8. The molecule has 9 rings (SSSR count). The smallest absolute Gasteiger partial charge is 0.255 e. The maximum atomic E-state index is 13.1. The fourth-order valence-electron chi connectivity index (χ4n) is 8.40. The number of carbonyl (C=O) groups excluding carboxylic acids is 3. The number of nitrogens with one attached hydrogen (secondary N) is 3. The Kier molecular flexibility index (Phi) is 9.93. The normalized spacial score (nSPS) is 18.3. The molecule has 4 aliphatic heterocycles. The molecule has 0 bridgehead atoms. The Labute approximate surface area is 332 Å². The Bertz CT molecular complexity index is 2360. The van der Waals surface area contributed by atoms with Crippen LogP contribution in [-0.2, 0) is 22.7 Å². The van der Waals surface area contributed by atoms with E-state index in [-0.39, 0.29) is 24.1 Å². The number of anilines is 4. The van der Waals surface area contributed by atoms with Crippen LogP contribution in [0.15, 0.2) is 79.0 Å². The van der Waals surface area contributed by atoms with Crippen LogP contribution >= 0.6 is 0 Å². The van der Waals surface area contributed by atoms with E-state index in [9.17, 15) is 14.4 Å². The van der Waals surface area contributed by atoms with Gasteiger partial charge in [0.25, 0.3) is 5.91 Å². The van der Waals surface area contributed by atoms with Gasteiger partial charge in [-0.15, -0.1) is 0 Å². The predicted octanol–water partition coefficient (Wildman–Crippen LogP) is 5.17. The van der Waals surface area contributed by atoms with Gasteiger partial charge >= 0.3 is 0 Å². The number of piperazine rings is 1. The largest absolute Gasteiger partial charge is 0.474 e. The third-order valence-corrected chi connectivity index (χ3v) is 11.7. The molecule has 1 atom stereocenters. The molecule has 1 unspecified atom stereocenters. The highest BCUT2D eigenvalue weighted by Crippen LogP contribution is 2.36. The molecular weight excluding hydrogens is 719 g/mol. The second kappa shape index (κ2) is 15.5. The maximum Gasteiger partial charge on any atom is 0.255 e. The number of amides is 3. The van der Waals surface area contributed by atoms with Gasteiger partial charge in [-0.1, -0.05) is 24.3 Å². The molecule has 2 fully saturated rings. The fourth-order valence-corrected chi connectivity index (χ4v) is 8.40. The Balaban J connectivity index is 0.747. The standard InChI is InChI=1S/C44H47N9O4/c1-28-36(25-46-43-41(28)45-15-22-57-43)31-6-5-30-7-13-39(48-37(30)24-31)47-33-8-3-29(4-9-33)26-50(2)16-17-51-18-20-52(21-19-51)34-10-11-35-32(23-34)27-53(44(35)56)38-12-14-40(54)49-42(38)55/h3-11,13,23-25,38,45H,12,14-22,26-27H2,1-2H3,(H,47,48)(H,49,54,55). The molecule has 4 aliphatic rings. The summed E-state index contributed by atoms with van der Waals surface area (Å²) in [5, 5.41) is 10.4. The SMILES string of the molecule is Cc1c(-c2ccc3ccc(Nc4ccc(CN(C)CCN5CCN(c6ccc7c(c6)CN(C6CCC(=O)NC6=O)C7=O)CC5)cc4)nc3c2)cnc2c1NCCO2. The number of aromatic nitrogens is 2. The second-order valence-corrected chi connectivity index (χ2v) is 15.5. The van der Waals surface area contributed by atoms with Crippen molar-refractivity contribution >= 4 is 51.5 Å². The van der Waals surface area contributed by atoms with E-state index >= 15 is 0 Å². The number of hydrogen-bond acceptors (Lipinski definition) is 11. The molecule has 57 heavy (non-hydrogen) atoms. The molecule has 2 aromatic heterocycles. The molecule has 3 aromatic carbocycles. The van der Waals surface area contributed by atoms with Crippen LogP contribution in [0.1, 0.15) is 39.9 Å². The van der Waals surface area contributed by atoms with E-state index in [4.69, 9.17) is 9.72 Å². The van der Waals surface area contributed by atoms with Crippen molar-refractivity contribution in [2.24, 2.45) is 0 Å². The number of benzene rings is 3. The number of likely N-dealkylation sites (N-methyl/N-ethyl adjacent to an activating group) is 1. The van der Waals surface area contributed by atoms with Gasteiger partial charge in [-0.25, -0.2) is 9.97 Å². The van der Waals surface area contributed by atoms with Gasteiger partial charge in [0.2, 0.25) is 17.7 Å². The molecule has 0 saturated carbocycles. The summed E-state index contributed by atoms with van der Waals surface area (Å²) in [4.78, 5) is 55.5. The number of nitrogens with zero attached hydrogens (tertiary/aromatic N) is 6. The maximum absolute atomic E-state index is 13.1. The topological polar surface area (TPSA) is 135 Å². The Morgan fingerprint density at radius 3 is 2.60 bits per heavy atom. The quantitative estimate of drug-likeness (QED) is 0.163. The first-order chi connectivity index (χ1) is 27.8. The highest BCUT2D eigenvalue weighted by atomic mass is 16.5. The van der Waals surface area contributed by atoms with Crippen LogP contribution in [0.2, 0.25) is 0 Å². The summed E-state index contributed by atoms with van der Waals surface area (Å²) in [5.41, 5.74) is 10.1. The first-order valence-corrected chi connectivity index (χ1v) is 19.8. The molecule has 292 valence electrons. The summed E-state index contributed by atoms with van der Waals surface area (Å²) < 4.78 is 5.72. The zero-order chi connectivity index (χ0) is 39.0. The lowest BCUT2D eigenvalue weighted by atomic mass is 10.00. The summed E-state index contributed by atoms with van der Waals surface area (Å²) >= 11 is 0. The minimum Gasteiger partial charge on any atom is -0.474 e. The molecule has 13 nitrogen and oxygen atoms in total. The summed E-state index contributed by atoms with van der Waals surface area (Å²) in [6.07, 6.45) is 2.51. The molecular formula is C44H47N9O4. The zero-order valence-corrected chi connectivity index (χ0v) is 32.4. The number of imide groups is 1. The summed E-state index contributed by atoms with van der Waals surface area (Å²) in [6.45, 7) is 10.5. The van der Waals surface area contributed by atoms with E-state index in [2.05, 4.69) is 104 Å². The number of piperidine rings is 1. The number of pyridine rings is 2. The van der Waals surface area contributed by atoms with Crippen molar-refractivity contribution in [3.63, 3.8) is 0 Å². The van der Waals surface area contributed by atoms with Crippen molar-refractivity contribution < 1.29 is 19.1 Å². The third kappa shape index (κ3) is 7.60. The highest BCUT2D eigenvalue weighted by Gasteiger charge is 2.39. The van der Waals surface area contributed by atoms with Crippen LogP contribution in [0.5, 0.6) is 5.88 Å². The molecule has 13 heteroatoms. The lowest BCUT2D eigenvalue weighted by molar-refractivity contribution is -0.136. The van der Waals surface area contributed by atoms with E-state index in [1.165, 1.54) is 5.56 Å². The monoisotopic (exact) mass is 765 g/mol. The Morgan fingerprint density at radius 1 is 0.947 bits per heavy atom. The molecule has 0 aliphatic carbocycles. The van der Waals surface area contributed by atoms with Crippen molar-refractivity contribution in [1.29, 1.82) is 0 Å². The van der Waals surface area contributed by atoms with Gasteiger partial charge in [0, 0.05) is 99.4 Å². The van der Waals surface area contributed by atoms with E-state index in [1.807, 2.05) is 24.4 Å². The van der Waals surface area contributed by atoms with Crippen LogP contribution in [-0.4, -0.2) is 108 Å². The summed E-state index contributed by atoms with van der Waals surface area (Å²) in [6, 6.07) is 24.5. The number of hydrogen-bond donors (Lipinski definition) is 3. The van der Waals surface area contributed by atoms with Gasteiger partial charge in [-0.2, -0.15) is 0 Å². The van der Waals surface area contributed by atoms with Gasteiger partial charge in [0.15, 0.2) is 0 Å². The Hall–Kier alpha value is -6.05. The number of ether oxygens (including phenoxy) is 1. The number of carbonyl (C=O) groups is 3. The highest BCUT2D eigenvalue weighted by molar-refractivity contribution is 6.05. The van der Waals surface area contributed by atoms with Crippen LogP contribution < -0.4 is 25.6 Å². The number of fused-ring (bicyclic) bond motifs is 3. The molecule has 3 N–H and O–H groups in total. The molecule has 6 heterocycles. The summed E-state index contributed by atoms with van der Waals surface area (Å²) in [5.74, 6) is 0.668. The second-order valence-electron chi connectivity index (χ2n) is 15.5. The number of rotatable bonds is 10. The predicted molar refractivity (Wildman–Crippen MR) is 221 cm³/mol. The van der Waals surface area contributed by atoms with Gasteiger partial charge < -0.3 is 30.1 Å². The fraction of sp³-hybridized carbons (Fsp3) is 0.341.